The van der Waals surface area contributed by atoms with E-state index in [1.165, 1.54) is 24.3 Å². The van der Waals surface area contributed by atoms with E-state index in [9.17, 15) is 0 Å². The highest BCUT2D eigenvalue weighted by Gasteiger charge is 2.18. The largest absolute Gasteiger partial charge is 0.383 e. The van der Waals surface area contributed by atoms with Crippen molar-refractivity contribution in [2.24, 2.45) is 11.8 Å². The van der Waals surface area contributed by atoms with Crippen molar-refractivity contribution in [1.29, 1.82) is 0 Å². The molecular weight excluding hydrogens is 184 g/mol. The predicted octanol–water partition coefficient (Wildman–Crippen LogP) is 0.998. The maximum absolute atomic E-state index is 5.44. The van der Waals surface area contributed by atoms with E-state index < -0.39 is 0 Å². The van der Waals surface area contributed by atoms with Crippen molar-refractivity contribution in [2.75, 3.05) is 25.2 Å². The quantitative estimate of drug-likeness (QED) is 0.518. The van der Waals surface area contributed by atoms with Crippen LogP contribution in [0.5, 0.6) is 0 Å². The van der Waals surface area contributed by atoms with Gasteiger partial charge in [0, 0.05) is 13.2 Å². The maximum Gasteiger partial charge on any atom is 0.0629 e. The smallest absolute Gasteiger partial charge is 0.0629 e. The second-order valence-corrected chi connectivity index (χ2v) is 4.84. The first-order chi connectivity index (χ1) is 6.36. The van der Waals surface area contributed by atoms with E-state index in [0.717, 1.165) is 18.9 Å². The summed E-state index contributed by atoms with van der Waals surface area (Å²) in [5.74, 6) is 8.91. The van der Waals surface area contributed by atoms with Gasteiger partial charge in [0.1, 0.15) is 0 Å². The lowest BCUT2D eigenvalue weighted by atomic mass is 9.95. The summed E-state index contributed by atoms with van der Waals surface area (Å²) in [6.45, 7) is 0.722. The van der Waals surface area contributed by atoms with Gasteiger partial charge < -0.3 is 4.74 Å². The van der Waals surface area contributed by atoms with Gasteiger partial charge in [-0.3, -0.25) is 11.3 Å². The molecule has 0 saturated carbocycles. The lowest BCUT2D eigenvalue weighted by Crippen LogP contribution is -2.40. The molecule has 0 bridgehead atoms. The Bertz CT molecular complexity index is 126. The average molecular weight is 204 g/mol. The fourth-order valence-electron chi connectivity index (χ4n) is 1.77. The predicted molar refractivity (Wildman–Crippen MR) is 57.7 cm³/mol. The summed E-state index contributed by atoms with van der Waals surface area (Å²) >= 11 is 2.06. The number of rotatable bonds is 5. The highest BCUT2D eigenvalue weighted by atomic mass is 32.2. The molecular formula is C9H20N2OS. The molecule has 3 nitrogen and oxygen atoms in total. The third kappa shape index (κ3) is 4.31. The first kappa shape index (κ1) is 11.3. The molecule has 0 aliphatic carbocycles. The van der Waals surface area contributed by atoms with Crippen LogP contribution in [0.15, 0.2) is 0 Å². The highest BCUT2D eigenvalue weighted by Crippen LogP contribution is 2.26. The normalized spacial score (nSPS) is 21.7. The van der Waals surface area contributed by atoms with Crippen molar-refractivity contribution in [2.45, 2.75) is 25.3 Å². The standard InChI is InChI=1S/C9H20N2OS/c1-12-7-9(11-10)6-8-2-4-13-5-3-8/h8-9,11H,2-7,10H2,1H3. The number of nitrogens with one attached hydrogen (secondary N) is 1. The molecule has 0 aromatic rings. The van der Waals surface area contributed by atoms with Gasteiger partial charge in [-0.25, -0.2) is 0 Å². The van der Waals surface area contributed by atoms with E-state index in [4.69, 9.17) is 10.6 Å². The van der Waals surface area contributed by atoms with Gasteiger partial charge in [-0.2, -0.15) is 11.8 Å². The highest BCUT2D eigenvalue weighted by molar-refractivity contribution is 7.99. The molecule has 1 fully saturated rings. The van der Waals surface area contributed by atoms with Gasteiger partial charge in [-0.05, 0) is 36.7 Å². The number of hydrogen-bond acceptors (Lipinski definition) is 4. The lowest BCUT2D eigenvalue weighted by Gasteiger charge is -2.25. The fraction of sp³-hybridized carbons (Fsp3) is 1.00. The Labute approximate surface area is 84.7 Å². The van der Waals surface area contributed by atoms with E-state index in [1.807, 2.05) is 0 Å². The maximum atomic E-state index is 5.44. The zero-order chi connectivity index (χ0) is 9.52. The second-order valence-electron chi connectivity index (χ2n) is 3.61. The summed E-state index contributed by atoms with van der Waals surface area (Å²) < 4.78 is 5.09. The zero-order valence-corrected chi connectivity index (χ0v) is 9.11. The molecule has 13 heavy (non-hydrogen) atoms. The van der Waals surface area contributed by atoms with Crippen LogP contribution < -0.4 is 11.3 Å². The van der Waals surface area contributed by atoms with E-state index in [-0.39, 0.29) is 0 Å². The van der Waals surface area contributed by atoms with Crippen LogP contribution in [0.4, 0.5) is 0 Å². The Morgan fingerprint density at radius 2 is 2.23 bits per heavy atom. The summed E-state index contributed by atoms with van der Waals surface area (Å²) in [4.78, 5) is 0. The molecule has 0 spiro atoms. The van der Waals surface area contributed by atoms with Crippen LogP contribution >= 0.6 is 11.8 Å². The minimum Gasteiger partial charge on any atom is -0.383 e. The molecule has 1 aliphatic heterocycles. The molecule has 1 aliphatic rings. The van der Waals surface area contributed by atoms with E-state index in [2.05, 4.69) is 17.2 Å². The van der Waals surface area contributed by atoms with Crippen molar-refractivity contribution in [3.63, 3.8) is 0 Å². The van der Waals surface area contributed by atoms with Crippen molar-refractivity contribution < 1.29 is 4.74 Å². The van der Waals surface area contributed by atoms with Crippen LogP contribution in [0.2, 0.25) is 0 Å². The van der Waals surface area contributed by atoms with Crippen LogP contribution in [0, 0.1) is 5.92 Å². The molecule has 1 rings (SSSR count). The number of ether oxygens (including phenoxy) is 1. The van der Waals surface area contributed by atoms with Gasteiger partial charge in [-0.1, -0.05) is 0 Å². The molecule has 0 aromatic heterocycles. The number of nitrogens with two attached hydrogens (primary N) is 1. The minimum atomic E-state index is 0.332. The van der Waals surface area contributed by atoms with Gasteiger partial charge >= 0.3 is 0 Å². The van der Waals surface area contributed by atoms with Gasteiger partial charge in [0.15, 0.2) is 0 Å². The van der Waals surface area contributed by atoms with Crippen molar-refractivity contribution in [3.8, 4) is 0 Å². The third-order valence-electron chi connectivity index (χ3n) is 2.56. The number of methoxy groups -OCH3 is 1. The van der Waals surface area contributed by atoms with Crippen molar-refractivity contribution in [1.82, 2.24) is 5.43 Å². The SMILES string of the molecule is COCC(CC1CCSCC1)NN. The van der Waals surface area contributed by atoms with Crippen LogP contribution in [-0.2, 0) is 4.74 Å². The van der Waals surface area contributed by atoms with Crippen LogP contribution in [-0.4, -0.2) is 31.3 Å². The van der Waals surface area contributed by atoms with Gasteiger partial charge in [0.25, 0.3) is 0 Å². The molecule has 1 atom stereocenters. The number of thioether (sulfide) groups is 1. The molecule has 1 saturated heterocycles. The Balaban J connectivity index is 2.18. The summed E-state index contributed by atoms with van der Waals surface area (Å²) in [7, 11) is 1.72. The molecule has 4 heteroatoms. The molecule has 3 N–H and O–H groups in total. The first-order valence-corrected chi connectivity index (χ1v) is 6.05. The zero-order valence-electron chi connectivity index (χ0n) is 8.29. The van der Waals surface area contributed by atoms with Crippen LogP contribution in [0.25, 0.3) is 0 Å². The second kappa shape index (κ2) is 6.65. The summed E-state index contributed by atoms with van der Waals surface area (Å²) in [5.41, 5.74) is 2.82. The first-order valence-electron chi connectivity index (χ1n) is 4.89. The Hall–Kier alpha value is 0.230. The van der Waals surface area contributed by atoms with E-state index >= 15 is 0 Å². The average Bonchev–Trinajstić information content (AvgIpc) is 2.19. The number of hydrogen-bond donors (Lipinski definition) is 2. The van der Waals surface area contributed by atoms with Gasteiger partial charge in [0.05, 0.1) is 6.61 Å². The topological polar surface area (TPSA) is 47.3 Å². The molecule has 0 radical (unpaired) electrons. The van der Waals surface area contributed by atoms with E-state index in [1.54, 1.807) is 7.11 Å². The summed E-state index contributed by atoms with van der Waals surface area (Å²) in [6, 6.07) is 0.332. The van der Waals surface area contributed by atoms with Crippen LogP contribution in [0.3, 0.4) is 0 Å². The molecule has 78 valence electrons. The van der Waals surface area contributed by atoms with E-state index in [0.29, 0.717) is 6.04 Å². The Morgan fingerprint density at radius 3 is 2.77 bits per heavy atom. The third-order valence-corrected chi connectivity index (χ3v) is 3.61. The molecule has 1 heterocycles. The van der Waals surface area contributed by atoms with Crippen molar-refractivity contribution in [3.05, 3.63) is 0 Å². The Kier molecular flexibility index (Phi) is 5.78. The monoisotopic (exact) mass is 204 g/mol. The summed E-state index contributed by atoms with van der Waals surface area (Å²) in [5, 5.41) is 0. The summed E-state index contributed by atoms with van der Waals surface area (Å²) in [6.07, 6.45) is 3.84. The van der Waals surface area contributed by atoms with Crippen molar-refractivity contribution >= 4 is 11.8 Å². The Morgan fingerprint density at radius 1 is 1.54 bits per heavy atom. The van der Waals surface area contributed by atoms with Gasteiger partial charge in [-0.15, -0.1) is 0 Å². The molecule has 0 amide bonds. The number of hydrazine groups is 1. The van der Waals surface area contributed by atoms with Gasteiger partial charge in [0.2, 0.25) is 0 Å². The fourth-order valence-corrected chi connectivity index (χ4v) is 2.97. The minimum absolute atomic E-state index is 0.332. The molecule has 0 aromatic carbocycles. The lowest BCUT2D eigenvalue weighted by molar-refractivity contribution is 0.153. The van der Waals surface area contributed by atoms with Crippen LogP contribution in [0.1, 0.15) is 19.3 Å². The molecule has 1 unspecified atom stereocenters.